The van der Waals surface area contributed by atoms with Crippen LogP contribution in [0.25, 0.3) is 0 Å². The summed E-state index contributed by atoms with van der Waals surface area (Å²) in [5, 5.41) is 7.64. The summed E-state index contributed by atoms with van der Waals surface area (Å²) >= 11 is 0. The lowest BCUT2D eigenvalue weighted by Gasteiger charge is -2.09. The van der Waals surface area contributed by atoms with Gasteiger partial charge >= 0.3 is 0 Å². The summed E-state index contributed by atoms with van der Waals surface area (Å²) in [6.07, 6.45) is 4.98. The minimum absolute atomic E-state index is 0.940. The minimum atomic E-state index is 0.940. The van der Waals surface area contributed by atoms with Crippen molar-refractivity contribution in [1.29, 1.82) is 0 Å². The number of benzene rings is 1. The number of hydrogen-bond acceptors (Lipinski definition) is 2. The summed E-state index contributed by atoms with van der Waals surface area (Å²) in [6.45, 7) is 5.19. The van der Waals surface area contributed by atoms with E-state index < -0.39 is 0 Å². The first kappa shape index (κ1) is 11.7. The van der Waals surface area contributed by atoms with E-state index in [4.69, 9.17) is 0 Å². The molecular weight excluding hydrogens is 210 g/mol. The zero-order chi connectivity index (χ0) is 12.3. The normalized spacial score (nSPS) is 10.5. The van der Waals surface area contributed by atoms with Crippen molar-refractivity contribution in [1.82, 2.24) is 9.78 Å². The molecule has 0 saturated heterocycles. The van der Waals surface area contributed by atoms with Gasteiger partial charge in [-0.15, -0.1) is 0 Å². The first-order valence-electron chi connectivity index (χ1n) is 5.94. The Labute approximate surface area is 102 Å². The Bertz CT molecular complexity index is 500. The van der Waals surface area contributed by atoms with Crippen LogP contribution >= 0.6 is 0 Å². The number of aromatic nitrogens is 2. The van der Waals surface area contributed by atoms with Crippen LogP contribution in [0.15, 0.2) is 30.6 Å². The Kier molecular flexibility index (Phi) is 3.47. The first-order chi connectivity index (χ1) is 8.15. The van der Waals surface area contributed by atoms with Gasteiger partial charge < -0.3 is 5.32 Å². The van der Waals surface area contributed by atoms with Crippen molar-refractivity contribution in [3.63, 3.8) is 0 Å². The topological polar surface area (TPSA) is 29.9 Å². The fourth-order valence-electron chi connectivity index (χ4n) is 1.87. The van der Waals surface area contributed by atoms with Gasteiger partial charge in [0.15, 0.2) is 0 Å². The average molecular weight is 229 g/mol. The molecule has 0 amide bonds. The van der Waals surface area contributed by atoms with Gasteiger partial charge in [-0.2, -0.15) is 5.10 Å². The van der Waals surface area contributed by atoms with Gasteiger partial charge in [0, 0.05) is 25.5 Å². The van der Waals surface area contributed by atoms with E-state index in [0.717, 1.165) is 13.0 Å². The average Bonchev–Trinajstić information content (AvgIpc) is 2.69. The van der Waals surface area contributed by atoms with Crippen molar-refractivity contribution >= 4 is 5.69 Å². The molecule has 0 radical (unpaired) electrons. The van der Waals surface area contributed by atoms with E-state index in [1.807, 2.05) is 17.9 Å². The van der Waals surface area contributed by atoms with Crippen LogP contribution in [-0.4, -0.2) is 16.3 Å². The second-order valence-corrected chi connectivity index (χ2v) is 4.52. The van der Waals surface area contributed by atoms with Gasteiger partial charge in [-0.3, -0.25) is 4.68 Å². The quantitative estimate of drug-likeness (QED) is 0.873. The molecule has 0 aliphatic carbocycles. The van der Waals surface area contributed by atoms with E-state index in [-0.39, 0.29) is 0 Å². The molecule has 1 aromatic carbocycles. The van der Waals surface area contributed by atoms with Crippen molar-refractivity contribution in [3.8, 4) is 0 Å². The molecule has 0 fully saturated rings. The predicted molar refractivity (Wildman–Crippen MR) is 71.3 cm³/mol. The molecule has 0 bridgehead atoms. The van der Waals surface area contributed by atoms with Crippen LogP contribution < -0.4 is 5.32 Å². The maximum absolute atomic E-state index is 4.16. The summed E-state index contributed by atoms with van der Waals surface area (Å²) in [5.41, 5.74) is 5.08. The number of nitrogens with zero attached hydrogens (tertiary/aromatic N) is 2. The first-order valence-corrected chi connectivity index (χ1v) is 5.94. The highest BCUT2D eigenvalue weighted by Crippen LogP contribution is 2.16. The third-order valence-corrected chi connectivity index (χ3v) is 2.88. The summed E-state index contributed by atoms with van der Waals surface area (Å²) in [4.78, 5) is 0. The van der Waals surface area contributed by atoms with Crippen molar-refractivity contribution in [2.45, 2.75) is 20.3 Å². The molecule has 0 saturated carbocycles. The molecule has 1 heterocycles. The molecule has 0 spiro atoms. The number of aryl methyl sites for hydroxylation is 3. The fourth-order valence-corrected chi connectivity index (χ4v) is 1.87. The molecule has 2 aromatic rings. The van der Waals surface area contributed by atoms with Crippen LogP contribution in [0, 0.1) is 13.8 Å². The number of hydrogen-bond donors (Lipinski definition) is 1. The van der Waals surface area contributed by atoms with Gasteiger partial charge in [0.25, 0.3) is 0 Å². The maximum atomic E-state index is 4.16. The number of rotatable bonds is 4. The van der Waals surface area contributed by atoms with Gasteiger partial charge in [0.1, 0.15) is 0 Å². The van der Waals surface area contributed by atoms with E-state index in [1.165, 1.54) is 22.4 Å². The SMILES string of the molecule is Cc1ccc(C)c(NCCc2cnn(C)c2)c1. The van der Waals surface area contributed by atoms with Gasteiger partial charge in [0.2, 0.25) is 0 Å². The Morgan fingerprint density at radius 1 is 1.29 bits per heavy atom. The summed E-state index contributed by atoms with van der Waals surface area (Å²) < 4.78 is 1.84. The van der Waals surface area contributed by atoms with Crippen molar-refractivity contribution < 1.29 is 0 Å². The highest BCUT2D eigenvalue weighted by molar-refractivity contribution is 5.52. The Balaban J connectivity index is 1.91. The van der Waals surface area contributed by atoms with E-state index in [0.29, 0.717) is 0 Å². The Morgan fingerprint density at radius 2 is 2.12 bits per heavy atom. The number of anilines is 1. The third kappa shape index (κ3) is 3.09. The van der Waals surface area contributed by atoms with Crippen molar-refractivity contribution in [2.75, 3.05) is 11.9 Å². The lowest BCUT2D eigenvalue weighted by atomic mass is 10.1. The second kappa shape index (κ2) is 5.04. The molecule has 0 aliphatic heterocycles. The highest BCUT2D eigenvalue weighted by Gasteiger charge is 1.99. The van der Waals surface area contributed by atoms with Gasteiger partial charge in [-0.05, 0) is 43.0 Å². The Morgan fingerprint density at radius 3 is 2.82 bits per heavy atom. The summed E-state index contributed by atoms with van der Waals surface area (Å²) in [7, 11) is 1.95. The lowest BCUT2D eigenvalue weighted by Crippen LogP contribution is -2.05. The zero-order valence-corrected chi connectivity index (χ0v) is 10.7. The zero-order valence-electron chi connectivity index (χ0n) is 10.7. The molecule has 1 N–H and O–H groups in total. The smallest absolute Gasteiger partial charge is 0.0522 e. The molecule has 90 valence electrons. The van der Waals surface area contributed by atoms with Gasteiger partial charge in [0.05, 0.1) is 6.20 Å². The van der Waals surface area contributed by atoms with E-state index in [9.17, 15) is 0 Å². The number of nitrogens with one attached hydrogen (secondary N) is 1. The summed E-state index contributed by atoms with van der Waals surface area (Å²) in [5.74, 6) is 0. The third-order valence-electron chi connectivity index (χ3n) is 2.88. The molecule has 3 nitrogen and oxygen atoms in total. The molecular formula is C14H19N3. The van der Waals surface area contributed by atoms with E-state index >= 15 is 0 Å². The molecule has 1 aromatic heterocycles. The van der Waals surface area contributed by atoms with Gasteiger partial charge in [-0.1, -0.05) is 12.1 Å². The molecule has 17 heavy (non-hydrogen) atoms. The van der Waals surface area contributed by atoms with Crippen LogP contribution in [0.1, 0.15) is 16.7 Å². The van der Waals surface area contributed by atoms with Crippen LogP contribution in [0.3, 0.4) is 0 Å². The minimum Gasteiger partial charge on any atom is -0.384 e. The summed E-state index contributed by atoms with van der Waals surface area (Å²) in [6, 6.07) is 6.49. The fraction of sp³-hybridized carbons (Fsp3) is 0.357. The maximum Gasteiger partial charge on any atom is 0.0522 e. The standard InChI is InChI=1S/C14H19N3/c1-11-4-5-12(2)14(8-11)15-7-6-13-9-16-17(3)10-13/h4-5,8-10,15H,6-7H2,1-3H3. The van der Waals surface area contributed by atoms with E-state index in [1.54, 1.807) is 0 Å². The Hall–Kier alpha value is -1.77. The molecule has 3 heteroatoms. The lowest BCUT2D eigenvalue weighted by molar-refractivity contribution is 0.767. The van der Waals surface area contributed by atoms with Gasteiger partial charge in [-0.25, -0.2) is 0 Å². The molecule has 0 aliphatic rings. The van der Waals surface area contributed by atoms with Crippen LogP contribution in [-0.2, 0) is 13.5 Å². The second-order valence-electron chi connectivity index (χ2n) is 4.52. The molecule has 0 atom stereocenters. The highest BCUT2D eigenvalue weighted by atomic mass is 15.2. The van der Waals surface area contributed by atoms with Crippen molar-refractivity contribution in [2.24, 2.45) is 7.05 Å². The van der Waals surface area contributed by atoms with Crippen LogP contribution in [0.2, 0.25) is 0 Å². The van der Waals surface area contributed by atoms with E-state index in [2.05, 4.69) is 48.7 Å². The molecule has 0 unspecified atom stereocenters. The largest absolute Gasteiger partial charge is 0.384 e. The van der Waals surface area contributed by atoms with Crippen LogP contribution in [0.5, 0.6) is 0 Å². The van der Waals surface area contributed by atoms with Crippen LogP contribution in [0.4, 0.5) is 5.69 Å². The van der Waals surface area contributed by atoms with Crippen molar-refractivity contribution in [3.05, 3.63) is 47.3 Å². The molecule has 2 rings (SSSR count). The predicted octanol–water partition coefficient (Wildman–Crippen LogP) is 2.69. The monoisotopic (exact) mass is 229 g/mol.